The normalized spacial score (nSPS) is 11.3. The number of carbonyl (C=O) groups is 1. The maximum Gasteiger partial charge on any atom is 0.161 e. The van der Waals surface area contributed by atoms with Gasteiger partial charge in [-0.3, -0.25) is 9.79 Å². The van der Waals surface area contributed by atoms with Gasteiger partial charge in [0.15, 0.2) is 6.29 Å². The molecule has 15 heavy (non-hydrogen) atoms. The minimum atomic E-state index is -0.493. The van der Waals surface area contributed by atoms with Crippen molar-refractivity contribution in [1.29, 1.82) is 5.26 Å². The fraction of sp³-hybridized carbons (Fsp3) is 0.250. The molecule has 0 atom stereocenters. The number of aliphatic imine (C=N–C) groups is 1. The highest BCUT2D eigenvalue weighted by molar-refractivity contribution is 6.13. The zero-order valence-electron chi connectivity index (χ0n) is 8.77. The molecule has 0 heterocycles. The first-order valence-electron chi connectivity index (χ1n) is 4.60. The smallest absolute Gasteiger partial charge is 0.161 e. The largest absolute Gasteiger partial charge is 0.297 e. The fourth-order valence-electron chi connectivity index (χ4n) is 1.15. The molecular formula is C12H12N2O. The third-order valence-corrected chi connectivity index (χ3v) is 2.15. The lowest BCUT2D eigenvalue weighted by atomic mass is 9.86. The number of nitriles is 1. The van der Waals surface area contributed by atoms with Crippen LogP contribution in [0.2, 0.25) is 0 Å². The summed E-state index contributed by atoms with van der Waals surface area (Å²) in [6.45, 7) is 3.72. The lowest BCUT2D eigenvalue weighted by Gasteiger charge is -2.15. The van der Waals surface area contributed by atoms with Gasteiger partial charge in [0.1, 0.15) is 0 Å². The van der Waals surface area contributed by atoms with Gasteiger partial charge in [-0.2, -0.15) is 5.26 Å². The molecule has 0 fully saturated rings. The molecule has 0 aliphatic carbocycles. The lowest BCUT2D eigenvalue weighted by Crippen LogP contribution is -2.13. The molecule has 0 amide bonds. The van der Waals surface area contributed by atoms with Gasteiger partial charge in [-0.1, -0.05) is 12.1 Å². The van der Waals surface area contributed by atoms with Gasteiger partial charge in [0.2, 0.25) is 0 Å². The van der Waals surface area contributed by atoms with E-state index in [2.05, 4.69) is 11.1 Å². The van der Waals surface area contributed by atoms with Crippen LogP contribution >= 0.6 is 0 Å². The number of hydrogen-bond acceptors (Lipinski definition) is 3. The second kappa shape index (κ2) is 4.52. The van der Waals surface area contributed by atoms with E-state index in [1.54, 1.807) is 12.1 Å². The molecule has 1 aromatic carbocycles. The van der Waals surface area contributed by atoms with Crippen molar-refractivity contribution in [3.63, 3.8) is 0 Å². The summed E-state index contributed by atoms with van der Waals surface area (Å²) in [5, 5.41) is 8.93. The summed E-state index contributed by atoms with van der Waals surface area (Å²) >= 11 is 0. The first kappa shape index (κ1) is 11.1. The van der Waals surface area contributed by atoms with E-state index in [0.29, 0.717) is 12.0 Å². The van der Waals surface area contributed by atoms with Gasteiger partial charge < -0.3 is 0 Å². The predicted octanol–water partition coefficient (Wildman–Crippen LogP) is 2.39. The van der Waals surface area contributed by atoms with Crippen LogP contribution in [0.4, 0.5) is 5.69 Å². The summed E-state index contributed by atoms with van der Waals surface area (Å²) in [6, 6.07) is 9.49. The van der Waals surface area contributed by atoms with Gasteiger partial charge in [0.25, 0.3) is 0 Å². The van der Waals surface area contributed by atoms with Gasteiger partial charge in [-0.05, 0) is 31.5 Å². The zero-order valence-corrected chi connectivity index (χ0v) is 8.77. The molecular weight excluding hydrogens is 188 g/mol. The molecule has 0 aliphatic heterocycles. The molecule has 0 aromatic heterocycles. The number of carbonyl (C=O) groups excluding carboxylic acids is 1. The van der Waals surface area contributed by atoms with Crippen LogP contribution < -0.4 is 0 Å². The minimum Gasteiger partial charge on any atom is -0.297 e. The highest BCUT2D eigenvalue weighted by atomic mass is 16.1. The Balaban J connectivity index is 2.96. The Morgan fingerprint density at radius 2 is 1.93 bits per heavy atom. The number of benzene rings is 1. The van der Waals surface area contributed by atoms with Crippen LogP contribution in [0.5, 0.6) is 0 Å². The molecule has 0 aliphatic rings. The SMILES string of the molecule is CC(C)(C#N)c1ccc(N=CC=O)cc1. The molecule has 1 rings (SSSR count). The number of aldehydes is 1. The molecule has 3 heteroatoms. The summed E-state index contributed by atoms with van der Waals surface area (Å²) in [7, 11) is 0. The number of hydrogen-bond donors (Lipinski definition) is 0. The quantitative estimate of drug-likeness (QED) is 0.555. The monoisotopic (exact) mass is 200 g/mol. The second-order valence-corrected chi connectivity index (χ2v) is 3.70. The summed E-state index contributed by atoms with van der Waals surface area (Å²) in [4.78, 5) is 14.0. The molecule has 1 aromatic rings. The first-order valence-corrected chi connectivity index (χ1v) is 4.60. The van der Waals surface area contributed by atoms with Crippen molar-refractivity contribution in [2.24, 2.45) is 4.99 Å². The van der Waals surface area contributed by atoms with Crippen LogP contribution in [0.25, 0.3) is 0 Å². The third kappa shape index (κ3) is 2.75. The van der Waals surface area contributed by atoms with E-state index in [9.17, 15) is 4.79 Å². The lowest BCUT2D eigenvalue weighted by molar-refractivity contribution is -0.102. The maximum absolute atomic E-state index is 10.1. The van der Waals surface area contributed by atoms with Gasteiger partial charge >= 0.3 is 0 Å². The molecule has 0 saturated carbocycles. The second-order valence-electron chi connectivity index (χ2n) is 3.70. The van der Waals surface area contributed by atoms with E-state index < -0.39 is 5.41 Å². The third-order valence-electron chi connectivity index (χ3n) is 2.15. The average molecular weight is 200 g/mol. The van der Waals surface area contributed by atoms with Crippen LogP contribution in [-0.2, 0) is 10.2 Å². The Morgan fingerprint density at radius 1 is 1.33 bits per heavy atom. The van der Waals surface area contributed by atoms with Gasteiger partial charge in [0.05, 0.1) is 23.4 Å². The van der Waals surface area contributed by atoms with Gasteiger partial charge in [-0.15, -0.1) is 0 Å². The molecule has 3 nitrogen and oxygen atoms in total. The van der Waals surface area contributed by atoms with Crippen molar-refractivity contribution in [3.05, 3.63) is 29.8 Å². The molecule has 0 spiro atoms. The Bertz CT molecular complexity index is 410. The van der Waals surface area contributed by atoms with Crippen molar-refractivity contribution in [3.8, 4) is 6.07 Å². The Hall–Kier alpha value is -1.95. The van der Waals surface area contributed by atoms with Crippen molar-refractivity contribution < 1.29 is 4.79 Å². The van der Waals surface area contributed by atoms with Crippen LogP contribution in [0.1, 0.15) is 19.4 Å². The van der Waals surface area contributed by atoms with Crippen LogP contribution in [0, 0.1) is 11.3 Å². The summed E-state index contributed by atoms with van der Waals surface area (Å²) in [5.41, 5.74) is 1.15. The highest BCUT2D eigenvalue weighted by Gasteiger charge is 2.18. The van der Waals surface area contributed by atoms with Crippen LogP contribution in [0.3, 0.4) is 0 Å². The van der Waals surface area contributed by atoms with E-state index >= 15 is 0 Å². The predicted molar refractivity (Wildman–Crippen MR) is 59.3 cm³/mol. The molecule has 0 unspecified atom stereocenters. The fourth-order valence-corrected chi connectivity index (χ4v) is 1.15. The molecule has 0 N–H and O–H groups in total. The Morgan fingerprint density at radius 3 is 2.40 bits per heavy atom. The maximum atomic E-state index is 10.1. The number of nitrogens with zero attached hydrogens (tertiary/aromatic N) is 2. The van der Waals surface area contributed by atoms with E-state index in [1.165, 1.54) is 6.21 Å². The van der Waals surface area contributed by atoms with E-state index in [4.69, 9.17) is 5.26 Å². The molecule has 0 saturated heterocycles. The van der Waals surface area contributed by atoms with Crippen LogP contribution in [0.15, 0.2) is 29.3 Å². The summed E-state index contributed by atoms with van der Waals surface area (Å²) in [6.07, 6.45) is 1.83. The van der Waals surface area contributed by atoms with Crippen molar-refractivity contribution in [2.45, 2.75) is 19.3 Å². The molecule has 0 bridgehead atoms. The first-order chi connectivity index (χ1) is 7.10. The Kier molecular flexibility index (Phi) is 3.35. The van der Waals surface area contributed by atoms with Crippen molar-refractivity contribution >= 4 is 18.2 Å². The number of rotatable bonds is 3. The van der Waals surface area contributed by atoms with E-state index in [-0.39, 0.29) is 0 Å². The zero-order chi connectivity index (χ0) is 11.3. The van der Waals surface area contributed by atoms with E-state index in [0.717, 1.165) is 5.56 Å². The summed E-state index contributed by atoms with van der Waals surface area (Å²) < 4.78 is 0. The topological polar surface area (TPSA) is 53.2 Å². The van der Waals surface area contributed by atoms with Gasteiger partial charge in [-0.25, -0.2) is 0 Å². The average Bonchev–Trinajstić information content (AvgIpc) is 2.27. The molecule has 76 valence electrons. The van der Waals surface area contributed by atoms with Crippen LogP contribution in [-0.4, -0.2) is 12.5 Å². The van der Waals surface area contributed by atoms with Crippen molar-refractivity contribution in [1.82, 2.24) is 0 Å². The van der Waals surface area contributed by atoms with Gasteiger partial charge in [0, 0.05) is 0 Å². The highest BCUT2D eigenvalue weighted by Crippen LogP contribution is 2.24. The summed E-state index contributed by atoms with van der Waals surface area (Å²) in [5.74, 6) is 0. The van der Waals surface area contributed by atoms with E-state index in [1.807, 2.05) is 26.0 Å². The Labute approximate surface area is 89.1 Å². The molecule has 0 radical (unpaired) electrons. The van der Waals surface area contributed by atoms with Crippen molar-refractivity contribution in [2.75, 3.05) is 0 Å². The standard InChI is InChI=1S/C12H12N2O/c1-12(2,9-13)10-3-5-11(6-4-10)14-7-8-15/h3-8H,1-2H3. The minimum absolute atomic E-state index is 0.493.